The monoisotopic (exact) mass is 384 g/mol. The quantitative estimate of drug-likeness (QED) is 0.564. The molecule has 1 aromatic heterocycles. The minimum absolute atomic E-state index is 0.174. The first-order valence-corrected chi connectivity index (χ1v) is 8.47. The van der Waals surface area contributed by atoms with Gasteiger partial charge in [0.25, 0.3) is 0 Å². The third-order valence-electron chi connectivity index (χ3n) is 3.52. The molecule has 0 spiro atoms. The van der Waals surface area contributed by atoms with E-state index in [1.54, 1.807) is 29.2 Å². The maximum Gasteiger partial charge on any atom is 0.163 e. The lowest BCUT2D eigenvalue weighted by Gasteiger charge is -2.16. The zero-order valence-electron chi connectivity index (χ0n) is 13.9. The lowest BCUT2D eigenvalue weighted by molar-refractivity contribution is -0.145. The Bertz CT molecular complexity index is 750. The normalized spacial score (nSPS) is 20.0. The molecule has 1 unspecified atom stereocenters. The number of hydrogen-bond acceptors (Lipinski definition) is 6. The molecule has 0 saturated carbocycles. The molecule has 1 aliphatic heterocycles. The summed E-state index contributed by atoms with van der Waals surface area (Å²) in [4.78, 5) is 9.42. The van der Waals surface area contributed by atoms with Crippen LogP contribution in [-0.2, 0) is 20.9 Å². The number of benzene rings is 1. The van der Waals surface area contributed by atoms with Gasteiger partial charge in [0.15, 0.2) is 5.79 Å². The van der Waals surface area contributed by atoms with Crippen molar-refractivity contribution in [3.63, 3.8) is 0 Å². The fraction of sp³-hybridized carbons (Fsp3) is 0.438. The van der Waals surface area contributed by atoms with E-state index in [0.717, 1.165) is 0 Å². The molecule has 0 bridgehead atoms. The highest BCUT2D eigenvalue weighted by Gasteiger charge is 2.33. The molecule has 0 aliphatic carbocycles. The summed E-state index contributed by atoms with van der Waals surface area (Å²) in [6, 6.07) is 5.20. The number of hydrogen-bond donors (Lipinski definition) is 0. The summed E-state index contributed by atoms with van der Waals surface area (Å²) in [7, 11) is 0. The summed E-state index contributed by atoms with van der Waals surface area (Å²) in [6.07, 6.45) is 2.87. The molecule has 1 aromatic carbocycles. The molecule has 0 N–H and O–H groups in total. The highest BCUT2D eigenvalue weighted by molar-refractivity contribution is 6.37. The van der Waals surface area contributed by atoms with Crippen molar-refractivity contribution in [1.82, 2.24) is 14.8 Å². The molecule has 134 valence electrons. The first kappa shape index (κ1) is 18.1. The number of oxime groups is 1. The van der Waals surface area contributed by atoms with Gasteiger partial charge in [-0.15, -0.1) is 0 Å². The minimum Gasteiger partial charge on any atom is -0.393 e. The molecule has 1 aliphatic rings. The van der Waals surface area contributed by atoms with Crippen molar-refractivity contribution in [2.75, 3.05) is 13.2 Å². The van der Waals surface area contributed by atoms with Crippen molar-refractivity contribution >= 4 is 28.9 Å². The molecular formula is C16H18Cl2N4O3. The third kappa shape index (κ3) is 4.92. The highest BCUT2D eigenvalue weighted by atomic mass is 35.5. The fourth-order valence-corrected chi connectivity index (χ4v) is 2.92. The molecule has 2 aromatic rings. The van der Waals surface area contributed by atoms with Crippen LogP contribution in [0.1, 0.15) is 19.4 Å². The molecule has 1 fully saturated rings. The standard InChI is InChI=1S/C16H18Cl2N4O3/c1-16(2)23-7-12(25-16)8-24-21-15(6-22-10-19-9-20-22)13-4-3-11(17)5-14(13)18/h3-5,9-10,12H,6-8H2,1-2H3/b21-15+. The maximum atomic E-state index is 6.30. The van der Waals surface area contributed by atoms with Gasteiger partial charge in [-0.05, 0) is 32.0 Å². The van der Waals surface area contributed by atoms with E-state index in [1.165, 1.54) is 6.33 Å². The van der Waals surface area contributed by atoms with Crippen molar-refractivity contribution in [1.29, 1.82) is 0 Å². The van der Waals surface area contributed by atoms with E-state index in [2.05, 4.69) is 15.2 Å². The summed E-state index contributed by atoms with van der Waals surface area (Å²) in [5.41, 5.74) is 1.32. The van der Waals surface area contributed by atoms with Gasteiger partial charge >= 0.3 is 0 Å². The molecule has 3 rings (SSSR count). The molecule has 1 saturated heterocycles. The van der Waals surface area contributed by atoms with E-state index in [-0.39, 0.29) is 12.7 Å². The Kier molecular flexibility index (Phi) is 5.58. The molecule has 9 heteroatoms. The van der Waals surface area contributed by atoms with Gasteiger partial charge in [0.05, 0.1) is 18.2 Å². The van der Waals surface area contributed by atoms with Gasteiger partial charge < -0.3 is 14.3 Å². The molecule has 0 amide bonds. The summed E-state index contributed by atoms with van der Waals surface area (Å²) in [5, 5.41) is 9.36. The zero-order valence-corrected chi connectivity index (χ0v) is 15.4. The van der Waals surface area contributed by atoms with Gasteiger partial charge in [-0.3, -0.25) is 0 Å². The van der Waals surface area contributed by atoms with E-state index in [9.17, 15) is 0 Å². The van der Waals surface area contributed by atoms with E-state index in [4.69, 9.17) is 37.5 Å². The summed E-state index contributed by atoms with van der Waals surface area (Å²) < 4.78 is 12.8. The first-order chi connectivity index (χ1) is 11.9. The average Bonchev–Trinajstić information content (AvgIpc) is 3.16. The van der Waals surface area contributed by atoms with Crippen LogP contribution >= 0.6 is 23.2 Å². The van der Waals surface area contributed by atoms with Gasteiger partial charge in [-0.1, -0.05) is 28.4 Å². The maximum absolute atomic E-state index is 6.30. The Morgan fingerprint density at radius 2 is 2.28 bits per heavy atom. The fourth-order valence-electron chi connectivity index (χ4n) is 2.40. The lowest BCUT2D eigenvalue weighted by atomic mass is 10.1. The molecule has 25 heavy (non-hydrogen) atoms. The Labute approximate surface area is 155 Å². The Hall–Kier alpha value is -1.67. The van der Waals surface area contributed by atoms with Crippen molar-refractivity contribution in [2.45, 2.75) is 32.3 Å². The van der Waals surface area contributed by atoms with Crippen molar-refractivity contribution in [2.24, 2.45) is 5.16 Å². The van der Waals surface area contributed by atoms with Gasteiger partial charge in [0, 0.05) is 10.6 Å². The van der Waals surface area contributed by atoms with Crippen LogP contribution < -0.4 is 0 Å². The van der Waals surface area contributed by atoms with Gasteiger partial charge in [0.1, 0.15) is 31.1 Å². The molecule has 1 atom stereocenters. The van der Waals surface area contributed by atoms with Crippen LogP contribution in [0.25, 0.3) is 0 Å². The predicted molar refractivity (Wildman–Crippen MR) is 93.9 cm³/mol. The van der Waals surface area contributed by atoms with Crippen LogP contribution in [0.3, 0.4) is 0 Å². The highest BCUT2D eigenvalue weighted by Crippen LogP contribution is 2.24. The molecule has 0 radical (unpaired) electrons. The Morgan fingerprint density at radius 1 is 1.44 bits per heavy atom. The number of aromatic nitrogens is 3. The van der Waals surface area contributed by atoms with Gasteiger partial charge in [-0.2, -0.15) is 5.10 Å². The average molecular weight is 385 g/mol. The molecule has 7 nitrogen and oxygen atoms in total. The van der Waals surface area contributed by atoms with Crippen molar-refractivity contribution < 1.29 is 14.3 Å². The SMILES string of the molecule is CC1(C)OCC(CO/N=C(\Cn2cncn2)c2ccc(Cl)cc2Cl)O1. The smallest absolute Gasteiger partial charge is 0.163 e. The number of nitrogens with zero attached hydrogens (tertiary/aromatic N) is 4. The zero-order chi connectivity index (χ0) is 17.9. The van der Waals surface area contributed by atoms with Crippen molar-refractivity contribution in [3.05, 3.63) is 46.5 Å². The van der Waals surface area contributed by atoms with E-state index < -0.39 is 5.79 Å². The van der Waals surface area contributed by atoms with Crippen molar-refractivity contribution in [3.8, 4) is 0 Å². The number of ether oxygens (including phenoxy) is 2. The summed E-state index contributed by atoms with van der Waals surface area (Å²) in [6.45, 7) is 4.81. The van der Waals surface area contributed by atoms with Crippen LogP contribution in [0.5, 0.6) is 0 Å². The number of rotatable bonds is 6. The molecular weight excluding hydrogens is 367 g/mol. The topological polar surface area (TPSA) is 70.8 Å². The lowest BCUT2D eigenvalue weighted by Crippen LogP contribution is -2.23. The van der Waals surface area contributed by atoms with Crippen LogP contribution in [0.4, 0.5) is 0 Å². The third-order valence-corrected chi connectivity index (χ3v) is 4.07. The van der Waals surface area contributed by atoms with E-state index in [0.29, 0.717) is 34.5 Å². The molecule has 2 heterocycles. The van der Waals surface area contributed by atoms with Crippen LogP contribution in [0, 0.1) is 0 Å². The van der Waals surface area contributed by atoms with Crippen LogP contribution in [0.2, 0.25) is 10.0 Å². The Balaban J connectivity index is 1.74. The van der Waals surface area contributed by atoms with Crippen LogP contribution in [0.15, 0.2) is 36.0 Å². The van der Waals surface area contributed by atoms with Gasteiger partial charge in [-0.25, -0.2) is 9.67 Å². The number of halogens is 2. The summed E-state index contributed by atoms with van der Waals surface area (Å²) >= 11 is 12.3. The Morgan fingerprint density at radius 3 is 2.92 bits per heavy atom. The largest absolute Gasteiger partial charge is 0.393 e. The van der Waals surface area contributed by atoms with E-state index >= 15 is 0 Å². The van der Waals surface area contributed by atoms with Gasteiger partial charge in [0.2, 0.25) is 0 Å². The minimum atomic E-state index is -0.596. The van der Waals surface area contributed by atoms with E-state index in [1.807, 2.05) is 13.8 Å². The second-order valence-electron chi connectivity index (χ2n) is 6.00. The van der Waals surface area contributed by atoms with Crippen LogP contribution in [-0.4, -0.2) is 45.6 Å². The summed E-state index contributed by atoms with van der Waals surface area (Å²) in [5.74, 6) is -0.596. The second-order valence-corrected chi connectivity index (χ2v) is 6.85. The first-order valence-electron chi connectivity index (χ1n) is 7.71. The predicted octanol–water partition coefficient (Wildman–Crippen LogP) is 3.16. The second kappa shape index (κ2) is 7.70.